The average Bonchev–Trinajstić information content (AvgIpc) is 2.56. The maximum Gasteiger partial charge on any atom is 0.260 e. The smallest absolute Gasteiger partial charge is 0.260 e. The molecule has 1 amide bonds. The van der Waals surface area contributed by atoms with Crippen molar-refractivity contribution in [2.75, 3.05) is 5.32 Å². The van der Waals surface area contributed by atoms with Gasteiger partial charge in [-0.05, 0) is 35.9 Å². The van der Waals surface area contributed by atoms with Crippen LogP contribution in [-0.2, 0) is 0 Å². The first-order valence-electron chi connectivity index (χ1n) is 6.92. The highest BCUT2D eigenvalue weighted by Crippen LogP contribution is 2.28. The van der Waals surface area contributed by atoms with Crippen molar-refractivity contribution in [3.8, 4) is 11.1 Å². The summed E-state index contributed by atoms with van der Waals surface area (Å²) >= 11 is 0. The number of hydrogen-bond acceptors (Lipinski definition) is 2. The van der Waals surface area contributed by atoms with E-state index in [0.29, 0.717) is 11.3 Å². The lowest BCUT2D eigenvalue weighted by Crippen LogP contribution is -2.15. The molecule has 3 rings (SSSR count). The lowest BCUT2D eigenvalue weighted by molar-refractivity contribution is 0.102. The first kappa shape index (κ1) is 14.8. The monoisotopic (exact) mass is 310 g/mol. The summed E-state index contributed by atoms with van der Waals surface area (Å²) in [6.45, 7) is 0. The number of pyridine rings is 1. The summed E-state index contributed by atoms with van der Waals surface area (Å²) in [5, 5.41) is 2.67. The van der Waals surface area contributed by atoms with Crippen LogP contribution in [0.4, 0.5) is 14.5 Å². The minimum atomic E-state index is -0.829. The molecule has 1 aromatic heterocycles. The van der Waals surface area contributed by atoms with Crippen molar-refractivity contribution in [2.24, 2.45) is 0 Å². The van der Waals surface area contributed by atoms with E-state index in [0.717, 1.165) is 5.56 Å². The molecule has 114 valence electrons. The SMILES string of the molecule is O=C(Nc1ccccc1-c1ccc(F)cc1)c1cccnc1F. The molecule has 0 saturated carbocycles. The minimum absolute atomic E-state index is 0.138. The number of carbonyl (C=O) groups is 1. The molecule has 0 bridgehead atoms. The van der Waals surface area contributed by atoms with Crippen molar-refractivity contribution in [1.29, 1.82) is 0 Å². The van der Waals surface area contributed by atoms with E-state index in [9.17, 15) is 13.6 Å². The third-order valence-corrected chi connectivity index (χ3v) is 3.33. The van der Waals surface area contributed by atoms with E-state index in [2.05, 4.69) is 10.3 Å². The highest BCUT2D eigenvalue weighted by atomic mass is 19.1. The standard InChI is InChI=1S/C18H12F2N2O/c19-13-9-7-12(8-10-13)14-4-1-2-6-16(14)22-18(23)15-5-3-11-21-17(15)20/h1-11H,(H,22,23). The van der Waals surface area contributed by atoms with Gasteiger partial charge in [0.05, 0.1) is 5.56 Å². The Labute approximate surface area is 131 Å². The largest absolute Gasteiger partial charge is 0.321 e. The summed E-state index contributed by atoms with van der Waals surface area (Å²) in [7, 11) is 0. The molecule has 0 unspecified atom stereocenters. The highest BCUT2D eigenvalue weighted by molar-refractivity contribution is 6.06. The van der Waals surface area contributed by atoms with Crippen LogP contribution in [0.3, 0.4) is 0 Å². The Morgan fingerprint density at radius 3 is 2.39 bits per heavy atom. The first-order valence-corrected chi connectivity index (χ1v) is 6.92. The van der Waals surface area contributed by atoms with E-state index in [1.165, 1.54) is 30.5 Å². The summed E-state index contributed by atoms with van der Waals surface area (Å²) in [6, 6.07) is 15.8. The van der Waals surface area contributed by atoms with Crippen molar-refractivity contribution in [2.45, 2.75) is 0 Å². The van der Waals surface area contributed by atoms with Crippen LogP contribution in [0.1, 0.15) is 10.4 Å². The topological polar surface area (TPSA) is 42.0 Å². The molecule has 1 N–H and O–H groups in total. The van der Waals surface area contributed by atoms with E-state index >= 15 is 0 Å². The predicted molar refractivity (Wildman–Crippen MR) is 84.0 cm³/mol. The Balaban J connectivity index is 1.94. The number of aromatic nitrogens is 1. The molecule has 0 aliphatic heterocycles. The van der Waals surface area contributed by atoms with Crippen LogP contribution in [0.2, 0.25) is 0 Å². The number of carbonyl (C=O) groups excluding carboxylic acids is 1. The third-order valence-electron chi connectivity index (χ3n) is 3.33. The molecule has 3 aromatic rings. The van der Waals surface area contributed by atoms with Gasteiger partial charge in [0.1, 0.15) is 5.82 Å². The molecule has 0 fully saturated rings. The minimum Gasteiger partial charge on any atom is -0.321 e. The van der Waals surface area contributed by atoms with Crippen LogP contribution in [-0.4, -0.2) is 10.9 Å². The number of nitrogens with one attached hydrogen (secondary N) is 1. The molecular weight excluding hydrogens is 298 g/mol. The van der Waals surface area contributed by atoms with Crippen molar-refractivity contribution < 1.29 is 13.6 Å². The van der Waals surface area contributed by atoms with Crippen LogP contribution >= 0.6 is 0 Å². The van der Waals surface area contributed by atoms with Gasteiger partial charge in [-0.3, -0.25) is 4.79 Å². The zero-order valence-corrected chi connectivity index (χ0v) is 12.0. The quantitative estimate of drug-likeness (QED) is 0.734. The van der Waals surface area contributed by atoms with Gasteiger partial charge < -0.3 is 5.32 Å². The van der Waals surface area contributed by atoms with Crippen LogP contribution in [0.15, 0.2) is 66.9 Å². The molecule has 0 spiro atoms. The molecule has 2 aromatic carbocycles. The number of halogens is 2. The zero-order chi connectivity index (χ0) is 16.2. The normalized spacial score (nSPS) is 10.3. The summed E-state index contributed by atoms with van der Waals surface area (Å²) < 4.78 is 26.7. The Morgan fingerprint density at radius 1 is 0.913 bits per heavy atom. The van der Waals surface area contributed by atoms with Gasteiger partial charge in [-0.2, -0.15) is 4.39 Å². The average molecular weight is 310 g/mol. The second-order valence-electron chi connectivity index (χ2n) is 4.85. The molecule has 0 radical (unpaired) electrons. The van der Waals surface area contributed by atoms with E-state index in [1.807, 2.05) is 0 Å². The zero-order valence-electron chi connectivity index (χ0n) is 12.0. The van der Waals surface area contributed by atoms with Gasteiger partial charge in [-0.1, -0.05) is 30.3 Å². The summed E-state index contributed by atoms with van der Waals surface area (Å²) in [5.41, 5.74) is 1.83. The Hall–Kier alpha value is -3.08. The molecule has 0 aliphatic rings. The molecule has 23 heavy (non-hydrogen) atoms. The number of rotatable bonds is 3. The highest BCUT2D eigenvalue weighted by Gasteiger charge is 2.14. The van der Waals surface area contributed by atoms with Gasteiger partial charge in [0.25, 0.3) is 5.91 Å². The third kappa shape index (κ3) is 3.23. The molecule has 1 heterocycles. The number of nitrogens with zero attached hydrogens (tertiary/aromatic N) is 1. The van der Waals surface area contributed by atoms with Crippen molar-refractivity contribution in [1.82, 2.24) is 4.98 Å². The molecule has 3 nitrogen and oxygen atoms in total. The lowest BCUT2D eigenvalue weighted by atomic mass is 10.0. The van der Waals surface area contributed by atoms with Crippen LogP contribution in [0.5, 0.6) is 0 Å². The number of benzene rings is 2. The van der Waals surface area contributed by atoms with Gasteiger partial charge in [0.15, 0.2) is 0 Å². The van der Waals surface area contributed by atoms with E-state index in [1.54, 1.807) is 36.4 Å². The van der Waals surface area contributed by atoms with Gasteiger partial charge in [-0.15, -0.1) is 0 Å². The van der Waals surface area contributed by atoms with Crippen LogP contribution < -0.4 is 5.32 Å². The van der Waals surface area contributed by atoms with Crippen molar-refractivity contribution >= 4 is 11.6 Å². The number of amides is 1. The molecule has 0 saturated heterocycles. The molecule has 5 heteroatoms. The molecule has 0 atom stereocenters. The van der Waals surface area contributed by atoms with Crippen LogP contribution in [0.25, 0.3) is 11.1 Å². The fourth-order valence-corrected chi connectivity index (χ4v) is 2.22. The summed E-state index contributed by atoms with van der Waals surface area (Å²) in [4.78, 5) is 15.7. The van der Waals surface area contributed by atoms with E-state index in [-0.39, 0.29) is 11.4 Å². The first-order chi connectivity index (χ1) is 11.1. The Kier molecular flexibility index (Phi) is 4.10. The van der Waals surface area contributed by atoms with E-state index in [4.69, 9.17) is 0 Å². The second-order valence-corrected chi connectivity index (χ2v) is 4.85. The Morgan fingerprint density at radius 2 is 1.65 bits per heavy atom. The summed E-state index contributed by atoms with van der Waals surface area (Å²) in [6.07, 6.45) is 1.28. The molecule has 0 aliphatic carbocycles. The van der Waals surface area contributed by atoms with Gasteiger partial charge in [-0.25, -0.2) is 9.37 Å². The maximum atomic E-state index is 13.6. The second kappa shape index (κ2) is 6.36. The van der Waals surface area contributed by atoms with Crippen molar-refractivity contribution in [3.05, 3.63) is 84.2 Å². The van der Waals surface area contributed by atoms with Crippen LogP contribution in [0, 0.1) is 11.8 Å². The Bertz CT molecular complexity index is 848. The number of para-hydroxylation sites is 1. The van der Waals surface area contributed by atoms with Gasteiger partial charge in [0.2, 0.25) is 5.95 Å². The van der Waals surface area contributed by atoms with Gasteiger partial charge in [0, 0.05) is 17.4 Å². The predicted octanol–water partition coefficient (Wildman–Crippen LogP) is 4.28. The lowest BCUT2D eigenvalue weighted by Gasteiger charge is -2.11. The molecular formula is C18H12F2N2O. The maximum absolute atomic E-state index is 13.6. The summed E-state index contributed by atoms with van der Waals surface area (Å²) in [5.74, 6) is -1.76. The van der Waals surface area contributed by atoms with E-state index < -0.39 is 11.9 Å². The van der Waals surface area contributed by atoms with Crippen molar-refractivity contribution in [3.63, 3.8) is 0 Å². The number of anilines is 1. The van der Waals surface area contributed by atoms with Gasteiger partial charge >= 0.3 is 0 Å². The number of hydrogen-bond donors (Lipinski definition) is 1. The fourth-order valence-electron chi connectivity index (χ4n) is 2.22. The fraction of sp³-hybridized carbons (Fsp3) is 0.